The van der Waals surface area contributed by atoms with Crippen molar-refractivity contribution in [2.24, 2.45) is 0 Å². The molecule has 10 heteroatoms. The van der Waals surface area contributed by atoms with E-state index >= 15 is 0 Å². The van der Waals surface area contributed by atoms with Gasteiger partial charge < -0.3 is 9.88 Å². The molecule has 9 nitrogen and oxygen atoms in total. The Bertz CT molecular complexity index is 1400. The summed E-state index contributed by atoms with van der Waals surface area (Å²) in [5.41, 5.74) is 4.63. The number of carbonyl (C=O) groups is 1. The van der Waals surface area contributed by atoms with E-state index < -0.39 is 0 Å². The van der Waals surface area contributed by atoms with Gasteiger partial charge in [0, 0.05) is 36.9 Å². The number of rotatable bonds is 5. The van der Waals surface area contributed by atoms with Gasteiger partial charge in [-0.25, -0.2) is 14.3 Å². The molecule has 4 aromatic rings. The van der Waals surface area contributed by atoms with Gasteiger partial charge in [0.1, 0.15) is 0 Å². The van der Waals surface area contributed by atoms with Crippen LogP contribution in [0.3, 0.4) is 0 Å². The number of carbonyl (C=O) groups excluding carboxylic acids is 1. The molecule has 0 bridgehead atoms. The second-order valence-corrected chi connectivity index (χ2v) is 9.27. The molecular weight excluding hydrogens is 438 g/mol. The molecule has 1 N–H and O–H groups in total. The number of aromatic nitrogens is 6. The van der Waals surface area contributed by atoms with Gasteiger partial charge in [-0.15, -0.1) is 5.10 Å². The summed E-state index contributed by atoms with van der Waals surface area (Å²) >= 11 is 1.49. The molecule has 0 radical (unpaired) electrons. The van der Waals surface area contributed by atoms with E-state index in [2.05, 4.69) is 20.1 Å². The Morgan fingerprint density at radius 1 is 1.18 bits per heavy atom. The number of fused-ring (bicyclic) bond motifs is 2. The van der Waals surface area contributed by atoms with Gasteiger partial charge in [0.15, 0.2) is 0 Å². The van der Waals surface area contributed by atoms with Crippen LogP contribution < -0.4 is 5.69 Å². The Hall–Kier alpha value is -3.14. The predicted molar refractivity (Wildman–Crippen MR) is 128 cm³/mol. The zero-order chi connectivity index (χ0) is 23.1. The van der Waals surface area contributed by atoms with Crippen LogP contribution in [0.15, 0.2) is 34.2 Å². The van der Waals surface area contributed by atoms with Crippen molar-refractivity contribution in [1.29, 1.82) is 0 Å². The molecule has 1 amide bonds. The smallest absolute Gasteiger partial charge is 0.326 e. The van der Waals surface area contributed by atoms with E-state index in [1.54, 1.807) is 4.52 Å². The van der Waals surface area contributed by atoms with E-state index in [0.717, 1.165) is 40.8 Å². The third-order valence-corrected chi connectivity index (χ3v) is 7.15. The summed E-state index contributed by atoms with van der Waals surface area (Å²) in [5.74, 6) is 0.737. The van der Waals surface area contributed by atoms with Crippen molar-refractivity contribution in [3.8, 4) is 0 Å². The number of hydrogen-bond acceptors (Lipinski definition) is 6. The fraction of sp³-hybridized carbons (Fsp3) is 0.435. The summed E-state index contributed by atoms with van der Waals surface area (Å²) in [6.07, 6.45) is 4.53. The van der Waals surface area contributed by atoms with Crippen LogP contribution in [0.2, 0.25) is 0 Å². The normalized spacial score (nSPS) is 15.1. The number of nitrogens with zero attached hydrogens (tertiary/aromatic N) is 6. The van der Waals surface area contributed by atoms with Gasteiger partial charge in [-0.05, 0) is 57.1 Å². The highest BCUT2D eigenvalue weighted by atomic mass is 32.2. The number of likely N-dealkylation sites (tertiary alicyclic amines) is 1. The molecule has 0 unspecified atom stereocenters. The first-order valence-electron chi connectivity index (χ1n) is 11.2. The lowest BCUT2D eigenvalue weighted by Crippen LogP contribution is -2.40. The summed E-state index contributed by atoms with van der Waals surface area (Å²) in [6, 6.07) is 7.86. The van der Waals surface area contributed by atoms with Crippen LogP contribution in [0.4, 0.5) is 0 Å². The van der Waals surface area contributed by atoms with Crippen molar-refractivity contribution in [2.45, 2.75) is 50.7 Å². The molecule has 3 aromatic heterocycles. The zero-order valence-corrected chi connectivity index (χ0v) is 19.9. The Morgan fingerprint density at radius 3 is 2.70 bits per heavy atom. The lowest BCUT2D eigenvalue weighted by molar-refractivity contribution is -0.132. The number of piperidine rings is 1. The minimum absolute atomic E-state index is 0.0763. The van der Waals surface area contributed by atoms with Crippen LogP contribution in [-0.2, 0) is 11.2 Å². The van der Waals surface area contributed by atoms with Crippen LogP contribution in [-0.4, -0.2) is 59.3 Å². The Kier molecular flexibility index (Phi) is 5.69. The molecule has 5 rings (SSSR count). The average Bonchev–Trinajstić information content (AvgIpc) is 3.38. The van der Waals surface area contributed by atoms with Gasteiger partial charge in [0.25, 0.3) is 5.78 Å². The molecule has 1 fully saturated rings. The van der Waals surface area contributed by atoms with E-state index in [1.165, 1.54) is 11.8 Å². The van der Waals surface area contributed by atoms with Crippen molar-refractivity contribution in [1.82, 2.24) is 34.0 Å². The number of benzene rings is 1. The molecule has 172 valence electrons. The minimum atomic E-state index is -0.0763. The third-order valence-electron chi connectivity index (χ3n) is 6.61. The summed E-state index contributed by atoms with van der Waals surface area (Å²) in [5, 5.41) is 5.18. The summed E-state index contributed by atoms with van der Waals surface area (Å²) in [7, 11) is 0. The Labute approximate surface area is 195 Å². The highest BCUT2D eigenvalue weighted by Gasteiger charge is 2.26. The van der Waals surface area contributed by atoms with E-state index in [9.17, 15) is 9.59 Å². The van der Waals surface area contributed by atoms with Gasteiger partial charge in [-0.2, -0.15) is 4.98 Å². The van der Waals surface area contributed by atoms with Crippen LogP contribution in [0, 0.1) is 13.8 Å². The molecule has 4 heterocycles. The number of para-hydroxylation sites is 2. The number of aryl methyl sites for hydroxylation is 2. The highest BCUT2D eigenvalue weighted by molar-refractivity contribution is 7.98. The van der Waals surface area contributed by atoms with Crippen molar-refractivity contribution in [3.63, 3.8) is 0 Å². The van der Waals surface area contributed by atoms with Gasteiger partial charge in [0.05, 0.1) is 11.0 Å². The number of imidazole rings is 1. The molecule has 1 aromatic carbocycles. The van der Waals surface area contributed by atoms with E-state index in [-0.39, 0.29) is 17.6 Å². The SMILES string of the molecule is CSc1nc2nc(C)c(CCC(=O)N3CCC(n4c(=O)[nH]c5ccccc54)CC3)c(C)n2n1. The second-order valence-electron chi connectivity index (χ2n) is 8.50. The lowest BCUT2D eigenvalue weighted by atomic mass is 10.0. The lowest BCUT2D eigenvalue weighted by Gasteiger charge is -2.32. The van der Waals surface area contributed by atoms with Gasteiger partial charge in [-0.3, -0.25) is 9.36 Å². The first-order chi connectivity index (χ1) is 16.0. The average molecular weight is 466 g/mol. The number of amides is 1. The molecule has 0 atom stereocenters. The van der Waals surface area contributed by atoms with Crippen molar-refractivity contribution >= 4 is 34.5 Å². The predicted octanol–water partition coefficient (Wildman–Crippen LogP) is 2.90. The minimum Gasteiger partial charge on any atom is -0.343 e. The molecule has 0 spiro atoms. The largest absolute Gasteiger partial charge is 0.343 e. The number of hydrogen-bond donors (Lipinski definition) is 1. The molecule has 1 aliphatic heterocycles. The third kappa shape index (κ3) is 3.92. The topological polar surface area (TPSA) is 101 Å². The first kappa shape index (κ1) is 21.7. The van der Waals surface area contributed by atoms with Gasteiger partial charge in [-0.1, -0.05) is 23.9 Å². The fourth-order valence-electron chi connectivity index (χ4n) is 4.84. The molecule has 1 saturated heterocycles. The quantitative estimate of drug-likeness (QED) is 0.455. The maximum Gasteiger partial charge on any atom is 0.326 e. The summed E-state index contributed by atoms with van der Waals surface area (Å²) in [6.45, 7) is 5.28. The molecule has 0 saturated carbocycles. The summed E-state index contributed by atoms with van der Waals surface area (Å²) < 4.78 is 3.62. The first-order valence-corrected chi connectivity index (χ1v) is 12.4. The maximum atomic E-state index is 13.0. The van der Waals surface area contributed by atoms with E-state index in [0.29, 0.717) is 36.9 Å². The zero-order valence-electron chi connectivity index (χ0n) is 19.0. The molecule has 0 aliphatic carbocycles. The van der Waals surface area contributed by atoms with Gasteiger partial charge >= 0.3 is 5.69 Å². The number of nitrogens with one attached hydrogen (secondary N) is 1. The number of H-pyrrole nitrogens is 1. The molecule has 33 heavy (non-hydrogen) atoms. The molecular formula is C23H27N7O2S. The van der Waals surface area contributed by atoms with Crippen LogP contribution in [0.1, 0.15) is 42.3 Å². The van der Waals surface area contributed by atoms with Crippen molar-refractivity contribution < 1.29 is 4.79 Å². The highest BCUT2D eigenvalue weighted by Crippen LogP contribution is 2.26. The number of thioether (sulfide) groups is 1. The van der Waals surface area contributed by atoms with Crippen LogP contribution >= 0.6 is 11.8 Å². The van der Waals surface area contributed by atoms with Gasteiger partial charge in [0.2, 0.25) is 11.1 Å². The van der Waals surface area contributed by atoms with Crippen molar-refractivity contribution in [2.75, 3.05) is 19.3 Å². The van der Waals surface area contributed by atoms with Crippen LogP contribution in [0.25, 0.3) is 16.8 Å². The number of aromatic amines is 1. The van der Waals surface area contributed by atoms with Crippen LogP contribution in [0.5, 0.6) is 0 Å². The van der Waals surface area contributed by atoms with E-state index in [1.807, 2.05) is 53.8 Å². The standard InChI is InChI=1S/C23H27N7O2S/c1-14-17(15(2)30-21(24-14)26-22(27-30)33-3)8-9-20(31)28-12-10-16(11-13-28)29-19-7-5-4-6-18(19)25-23(29)32/h4-7,16H,8-13H2,1-3H3,(H,25,32). The summed E-state index contributed by atoms with van der Waals surface area (Å²) in [4.78, 5) is 39.3. The Morgan fingerprint density at radius 2 is 1.94 bits per heavy atom. The monoisotopic (exact) mass is 465 g/mol. The van der Waals surface area contributed by atoms with E-state index in [4.69, 9.17) is 0 Å². The fourth-order valence-corrected chi connectivity index (χ4v) is 5.17. The molecule has 1 aliphatic rings. The second kappa shape index (κ2) is 8.66. The van der Waals surface area contributed by atoms with Crippen molar-refractivity contribution in [3.05, 3.63) is 51.7 Å². The maximum absolute atomic E-state index is 13.0. The Balaban J connectivity index is 1.25.